The molecule has 0 radical (unpaired) electrons. The minimum atomic E-state index is -3.44. The molecule has 1 saturated heterocycles. The lowest BCUT2D eigenvalue weighted by molar-refractivity contribution is 0.0149. The third-order valence-corrected chi connectivity index (χ3v) is 9.38. The van der Waals surface area contributed by atoms with Crippen molar-refractivity contribution in [2.45, 2.75) is 31.7 Å². The molecule has 1 aliphatic carbocycles. The molecule has 41 heavy (non-hydrogen) atoms. The Bertz CT molecular complexity index is 1670. The zero-order valence-corrected chi connectivity index (χ0v) is 24.5. The van der Waals surface area contributed by atoms with Crippen molar-refractivity contribution in [2.24, 2.45) is 0 Å². The molecule has 2 aromatic carbocycles. The van der Waals surface area contributed by atoms with Crippen LogP contribution in [-0.2, 0) is 27.6 Å². The van der Waals surface area contributed by atoms with E-state index in [2.05, 4.69) is 27.3 Å². The first-order valence-electron chi connectivity index (χ1n) is 14.0. The van der Waals surface area contributed by atoms with E-state index in [4.69, 9.17) is 14.6 Å². The Hall–Kier alpha value is -3.67. The van der Waals surface area contributed by atoms with Crippen molar-refractivity contribution in [3.8, 4) is 17.0 Å². The number of methoxy groups -OCH3 is 1. The van der Waals surface area contributed by atoms with E-state index < -0.39 is 10.0 Å². The summed E-state index contributed by atoms with van der Waals surface area (Å²) in [5, 5.41) is 8.19. The van der Waals surface area contributed by atoms with Gasteiger partial charge in [0.15, 0.2) is 0 Å². The van der Waals surface area contributed by atoms with Crippen LogP contribution < -0.4 is 14.4 Å². The molecule has 1 N–H and O–H groups in total. The summed E-state index contributed by atoms with van der Waals surface area (Å²) in [5.41, 5.74) is 6.36. The number of nitrogens with zero attached hydrogens (tertiary/aromatic N) is 5. The summed E-state index contributed by atoms with van der Waals surface area (Å²) in [5.74, 6) is 1.17. The Kier molecular flexibility index (Phi) is 7.58. The van der Waals surface area contributed by atoms with Crippen molar-refractivity contribution < 1.29 is 17.9 Å². The van der Waals surface area contributed by atoms with E-state index in [1.54, 1.807) is 30.9 Å². The second-order valence-corrected chi connectivity index (χ2v) is 12.7. The maximum Gasteiger partial charge on any atom is 0.245 e. The number of rotatable bonds is 7. The number of ether oxygens (including phenoxy) is 2. The number of fused-ring (bicyclic) bond motifs is 2. The Morgan fingerprint density at radius 2 is 1.90 bits per heavy atom. The lowest BCUT2D eigenvalue weighted by Crippen LogP contribution is -2.44. The van der Waals surface area contributed by atoms with Gasteiger partial charge in [0.1, 0.15) is 5.75 Å². The number of aryl methyl sites for hydroxylation is 1. The summed E-state index contributed by atoms with van der Waals surface area (Å²) in [6.45, 7) is 3.60. The van der Waals surface area contributed by atoms with Crippen molar-refractivity contribution in [1.29, 1.82) is 0 Å². The van der Waals surface area contributed by atoms with Gasteiger partial charge in [0.25, 0.3) is 0 Å². The number of hydrogen-bond donors (Lipinski definition) is 1. The van der Waals surface area contributed by atoms with Crippen LogP contribution in [0.1, 0.15) is 24.0 Å². The largest absolute Gasteiger partial charge is 0.495 e. The second kappa shape index (κ2) is 11.3. The van der Waals surface area contributed by atoms with E-state index in [9.17, 15) is 8.42 Å². The smallest absolute Gasteiger partial charge is 0.245 e. The molecule has 3 heterocycles. The molecule has 10 nitrogen and oxygen atoms in total. The van der Waals surface area contributed by atoms with E-state index >= 15 is 0 Å². The topological polar surface area (TPSA) is 101 Å². The predicted molar refractivity (Wildman–Crippen MR) is 161 cm³/mol. The highest BCUT2D eigenvalue weighted by atomic mass is 32.2. The Morgan fingerprint density at radius 1 is 1.10 bits per heavy atom. The van der Waals surface area contributed by atoms with Crippen LogP contribution >= 0.6 is 0 Å². The molecule has 11 heteroatoms. The number of aromatic nitrogens is 3. The maximum absolute atomic E-state index is 12.3. The number of para-hydroxylation sites is 1. The minimum Gasteiger partial charge on any atom is -0.495 e. The highest BCUT2D eigenvalue weighted by molar-refractivity contribution is 7.92. The van der Waals surface area contributed by atoms with Crippen molar-refractivity contribution in [1.82, 2.24) is 19.5 Å². The van der Waals surface area contributed by atoms with E-state index in [1.165, 1.54) is 28.1 Å². The first-order chi connectivity index (χ1) is 19.8. The number of morpholine rings is 1. The van der Waals surface area contributed by atoms with Crippen LogP contribution in [0.3, 0.4) is 0 Å². The highest BCUT2D eigenvalue weighted by Gasteiger charge is 2.26. The number of hydrogen-bond acceptors (Lipinski definition) is 8. The van der Waals surface area contributed by atoms with E-state index in [-0.39, 0.29) is 0 Å². The normalized spacial score (nSPS) is 18.1. The minimum absolute atomic E-state index is 0.418. The third kappa shape index (κ3) is 5.61. The van der Waals surface area contributed by atoms with Crippen LogP contribution in [0.5, 0.6) is 5.75 Å². The van der Waals surface area contributed by atoms with Crippen molar-refractivity contribution in [2.75, 3.05) is 56.3 Å². The zero-order chi connectivity index (χ0) is 28.6. The lowest BCUT2D eigenvalue weighted by Gasteiger charge is -2.34. The molecule has 4 aromatic rings. The average molecular weight is 577 g/mol. The molecule has 1 unspecified atom stereocenters. The van der Waals surface area contributed by atoms with Gasteiger partial charge in [0, 0.05) is 31.7 Å². The standard InChI is InChI=1S/C30H36N6O4S/c1-34(41(3,37)38)27-10-5-4-9-25(27)28-12-11-24-20-31-30(33-36(24)28)32-26-18-21-7-6-8-23(35-13-15-40-16-14-35)17-22(21)19-29(26)39-2/h4-5,9-12,18-20,23H,6-8,13-17H2,1-3H3,(H,32,33). The van der Waals surface area contributed by atoms with E-state index in [0.717, 1.165) is 73.8 Å². The molecule has 1 fully saturated rings. The second-order valence-electron chi connectivity index (χ2n) is 10.7. The van der Waals surface area contributed by atoms with Gasteiger partial charge in [-0.2, -0.15) is 0 Å². The van der Waals surface area contributed by atoms with E-state index in [1.807, 2.05) is 30.3 Å². The van der Waals surface area contributed by atoms with Gasteiger partial charge < -0.3 is 14.8 Å². The van der Waals surface area contributed by atoms with Crippen molar-refractivity contribution in [3.63, 3.8) is 0 Å². The summed E-state index contributed by atoms with van der Waals surface area (Å²) in [6.07, 6.45) is 7.28. The van der Waals surface area contributed by atoms with Crippen LogP contribution in [-0.4, -0.2) is 80.7 Å². The quantitative estimate of drug-likeness (QED) is 0.328. The summed E-state index contributed by atoms with van der Waals surface area (Å²) in [6, 6.07) is 16.1. The van der Waals surface area contributed by atoms with Gasteiger partial charge in [-0.25, -0.2) is 17.9 Å². The molecule has 2 aromatic heterocycles. The number of anilines is 3. The monoisotopic (exact) mass is 576 g/mol. The molecule has 0 spiro atoms. The number of sulfonamides is 1. The lowest BCUT2D eigenvalue weighted by atomic mass is 9.99. The molecule has 6 rings (SSSR count). The van der Waals surface area contributed by atoms with Gasteiger partial charge >= 0.3 is 0 Å². The molecular weight excluding hydrogens is 540 g/mol. The Balaban J connectivity index is 1.32. The number of benzene rings is 2. The van der Waals surface area contributed by atoms with Gasteiger partial charge in [-0.15, -0.1) is 5.10 Å². The van der Waals surface area contributed by atoms with Gasteiger partial charge in [0.05, 0.1) is 55.4 Å². The van der Waals surface area contributed by atoms with E-state index in [0.29, 0.717) is 17.7 Å². The molecule has 1 atom stereocenters. The van der Waals surface area contributed by atoms with Gasteiger partial charge in [-0.1, -0.05) is 18.2 Å². The molecule has 0 saturated carbocycles. The highest BCUT2D eigenvalue weighted by Crippen LogP contribution is 2.36. The fourth-order valence-corrected chi connectivity index (χ4v) is 6.44. The van der Waals surface area contributed by atoms with Crippen LogP contribution in [0.15, 0.2) is 54.7 Å². The fourth-order valence-electron chi connectivity index (χ4n) is 5.92. The van der Waals surface area contributed by atoms with Crippen molar-refractivity contribution >= 4 is 32.9 Å². The molecule has 1 aliphatic heterocycles. The maximum atomic E-state index is 12.3. The zero-order valence-electron chi connectivity index (χ0n) is 23.7. The fraction of sp³-hybridized carbons (Fsp3) is 0.400. The van der Waals surface area contributed by atoms with Crippen LogP contribution in [0.4, 0.5) is 17.3 Å². The third-order valence-electron chi connectivity index (χ3n) is 8.18. The Labute approximate surface area is 240 Å². The van der Waals surface area contributed by atoms with Crippen LogP contribution in [0.25, 0.3) is 16.8 Å². The summed E-state index contributed by atoms with van der Waals surface area (Å²) in [7, 11) is -0.201. The summed E-state index contributed by atoms with van der Waals surface area (Å²) < 4.78 is 39.1. The molecule has 0 bridgehead atoms. The first-order valence-corrected chi connectivity index (χ1v) is 15.8. The van der Waals surface area contributed by atoms with Crippen molar-refractivity contribution in [3.05, 3.63) is 65.9 Å². The molecule has 216 valence electrons. The van der Waals surface area contributed by atoms with Gasteiger partial charge in [0.2, 0.25) is 16.0 Å². The molecular formula is C30H36N6O4S. The van der Waals surface area contributed by atoms with Gasteiger partial charge in [-0.05, 0) is 67.1 Å². The predicted octanol–water partition coefficient (Wildman–Crippen LogP) is 4.12. The number of nitrogens with one attached hydrogen (secondary N) is 1. The summed E-state index contributed by atoms with van der Waals surface area (Å²) in [4.78, 5) is 7.13. The summed E-state index contributed by atoms with van der Waals surface area (Å²) >= 11 is 0. The molecule has 2 aliphatic rings. The van der Waals surface area contributed by atoms with Crippen LogP contribution in [0.2, 0.25) is 0 Å². The molecule has 0 amide bonds. The first kappa shape index (κ1) is 27.5. The SMILES string of the molecule is COc1cc2c(cc1Nc1ncc3ccc(-c4ccccc4N(C)S(C)(=O)=O)n3n1)CCCC(N1CCOCC1)C2. The average Bonchev–Trinajstić information content (AvgIpc) is 3.28. The van der Waals surface area contributed by atoms with Crippen LogP contribution in [0, 0.1) is 0 Å². The Morgan fingerprint density at radius 3 is 2.68 bits per heavy atom. The van der Waals surface area contributed by atoms with Gasteiger partial charge in [-0.3, -0.25) is 9.21 Å².